The number of halogens is 2. The molecule has 0 saturated heterocycles. The topological polar surface area (TPSA) is 82.6 Å². The molecule has 2 rings (SSSR count). The summed E-state index contributed by atoms with van der Waals surface area (Å²) in [5.41, 5.74) is 1.36. The maximum Gasteiger partial charge on any atom is 0.213 e. The summed E-state index contributed by atoms with van der Waals surface area (Å²) in [6.45, 7) is 5.41. The fraction of sp³-hybridized carbons (Fsp3) is 0.611. The van der Waals surface area contributed by atoms with E-state index in [-0.39, 0.29) is 42.1 Å². The molecule has 0 heterocycles. The molecule has 0 radical (unpaired) electrons. The van der Waals surface area contributed by atoms with E-state index >= 15 is 0 Å². The first-order valence-corrected chi connectivity index (χ1v) is 10.8. The molecule has 0 unspecified atom stereocenters. The van der Waals surface area contributed by atoms with Crippen molar-refractivity contribution in [1.29, 1.82) is 0 Å². The number of nitrogens with zero attached hydrogens (tertiary/aromatic N) is 1. The Morgan fingerprint density at radius 1 is 1.30 bits per heavy atom. The highest BCUT2D eigenvalue weighted by Gasteiger charge is 2.20. The van der Waals surface area contributed by atoms with Crippen molar-refractivity contribution in [2.24, 2.45) is 10.9 Å². The second-order valence-electron chi connectivity index (χ2n) is 6.67. The Morgan fingerprint density at radius 3 is 2.63 bits per heavy atom. The van der Waals surface area contributed by atoms with Crippen molar-refractivity contribution in [2.45, 2.75) is 39.7 Å². The number of benzene rings is 1. The lowest BCUT2D eigenvalue weighted by atomic mass is 9.86. The predicted octanol–water partition coefficient (Wildman–Crippen LogP) is 2.53. The molecule has 1 fully saturated rings. The van der Waals surface area contributed by atoms with Crippen LogP contribution in [0.5, 0.6) is 0 Å². The Labute approximate surface area is 178 Å². The van der Waals surface area contributed by atoms with Gasteiger partial charge in [0.15, 0.2) is 5.96 Å². The molecule has 1 aromatic rings. The van der Waals surface area contributed by atoms with Crippen molar-refractivity contribution in [3.05, 3.63) is 35.1 Å². The average molecular weight is 512 g/mol. The van der Waals surface area contributed by atoms with E-state index in [4.69, 9.17) is 0 Å². The Hall–Kier alpha value is -0.940. The summed E-state index contributed by atoms with van der Waals surface area (Å²) in [5, 5.41) is 6.08. The summed E-state index contributed by atoms with van der Waals surface area (Å²) in [6, 6.07) is 5.03. The van der Waals surface area contributed by atoms with Gasteiger partial charge in [-0.05, 0) is 49.8 Å². The van der Waals surface area contributed by atoms with Crippen LogP contribution in [0.3, 0.4) is 0 Å². The molecule has 1 aliphatic carbocycles. The molecule has 1 saturated carbocycles. The Bertz CT molecular complexity index is 724. The standard InChI is InChI=1S/C18H29FN4O2S.HI/c1-3-20-18(22-12-16-8-7-14(2)17(19)11-16)21-9-10-26(24,25)23-13-15-5-4-6-15;/h7-8,11,15,23H,3-6,9-10,12-13H2,1-2H3,(H2,20,21,22);1H. The van der Waals surface area contributed by atoms with Crippen molar-refractivity contribution >= 4 is 40.0 Å². The molecule has 0 spiro atoms. The van der Waals surface area contributed by atoms with Gasteiger partial charge in [-0.2, -0.15) is 0 Å². The largest absolute Gasteiger partial charge is 0.357 e. The molecule has 154 valence electrons. The average Bonchev–Trinajstić information content (AvgIpc) is 2.54. The summed E-state index contributed by atoms with van der Waals surface area (Å²) in [7, 11) is -3.29. The molecule has 0 bridgehead atoms. The van der Waals surface area contributed by atoms with Crippen LogP contribution in [0.1, 0.15) is 37.3 Å². The van der Waals surface area contributed by atoms with Crippen LogP contribution in [-0.4, -0.2) is 39.8 Å². The van der Waals surface area contributed by atoms with Gasteiger partial charge in [0.2, 0.25) is 10.0 Å². The van der Waals surface area contributed by atoms with Gasteiger partial charge in [-0.1, -0.05) is 18.6 Å². The van der Waals surface area contributed by atoms with Gasteiger partial charge in [0, 0.05) is 19.6 Å². The highest BCUT2D eigenvalue weighted by atomic mass is 127. The molecule has 0 aliphatic heterocycles. The van der Waals surface area contributed by atoms with E-state index in [0.29, 0.717) is 37.1 Å². The summed E-state index contributed by atoms with van der Waals surface area (Å²) < 4.78 is 40.3. The van der Waals surface area contributed by atoms with Crippen molar-refractivity contribution in [3.63, 3.8) is 0 Å². The normalized spacial score (nSPS) is 15.0. The maximum absolute atomic E-state index is 13.6. The van der Waals surface area contributed by atoms with Crippen LogP contribution in [0.4, 0.5) is 4.39 Å². The predicted molar refractivity (Wildman–Crippen MR) is 119 cm³/mol. The number of rotatable bonds is 9. The summed E-state index contributed by atoms with van der Waals surface area (Å²) in [4.78, 5) is 4.38. The van der Waals surface area contributed by atoms with Gasteiger partial charge >= 0.3 is 0 Å². The Balaban J connectivity index is 0.00000364. The first kappa shape index (κ1) is 24.1. The first-order valence-electron chi connectivity index (χ1n) is 9.14. The van der Waals surface area contributed by atoms with Crippen LogP contribution in [0.15, 0.2) is 23.2 Å². The van der Waals surface area contributed by atoms with Gasteiger partial charge < -0.3 is 10.6 Å². The van der Waals surface area contributed by atoms with Gasteiger partial charge in [0.1, 0.15) is 5.82 Å². The minimum Gasteiger partial charge on any atom is -0.357 e. The third-order valence-corrected chi connectivity index (χ3v) is 5.83. The zero-order chi connectivity index (χ0) is 19.0. The van der Waals surface area contributed by atoms with Crippen molar-refractivity contribution < 1.29 is 12.8 Å². The zero-order valence-electron chi connectivity index (χ0n) is 15.9. The molecule has 3 N–H and O–H groups in total. The number of aryl methyl sites for hydroxylation is 1. The second kappa shape index (κ2) is 11.8. The van der Waals surface area contributed by atoms with E-state index in [9.17, 15) is 12.8 Å². The molecule has 0 amide bonds. The van der Waals surface area contributed by atoms with Crippen LogP contribution in [0, 0.1) is 18.7 Å². The highest BCUT2D eigenvalue weighted by Crippen LogP contribution is 2.25. The molecule has 0 aromatic heterocycles. The summed E-state index contributed by atoms with van der Waals surface area (Å²) in [6.07, 6.45) is 3.41. The summed E-state index contributed by atoms with van der Waals surface area (Å²) in [5.74, 6) is 0.747. The minimum atomic E-state index is -3.29. The van der Waals surface area contributed by atoms with E-state index in [2.05, 4.69) is 20.3 Å². The molecule has 1 aliphatic rings. The zero-order valence-corrected chi connectivity index (χ0v) is 19.1. The molecule has 27 heavy (non-hydrogen) atoms. The van der Waals surface area contributed by atoms with E-state index in [1.54, 1.807) is 13.0 Å². The van der Waals surface area contributed by atoms with Gasteiger partial charge in [0.25, 0.3) is 0 Å². The fourth-order valence-electron chi connectivity index (χ4n) is 2.56. The lowest BCUT2D eigenvalue weighted by Gasteiger charge is -2.25. The number of sulfonamides is 1. The van der Waals surface area contributed by atoms with Gasteiger partial charge in [-0.3, -0.25) is 0 Å². The van der Waals surface area contributed by atoms with Crippen LogP contribution < -0.4 is 15.4 Å². The lowest BCUT2D eigenvalue weighted by Crippen LogP contribution is -2.42. The molecular formula is C18H30FIN4O2S. The molecular weight excluding hydrogens is 482 g/mol. The molecule has 6 nitrogen and oxygen atoms in total. The number of aliphatic imine (C=N–C) groups is 1. The van der Waals surface area contributed by atoms with Crippen molar-refractivity contribution in [2.75, 3.05) is 25.4 Å². The van der Waals surface area contributed by atoms with Crippen LogP contribution >= 0.6 is 24.0 Å². The van der Waals surface area contributed by atoms with Gasteiger partial charge in [-0.15, -0.1) is 24.0 Å². The third-order valence-electron chi connectivity index (χ3n) is 4.48. The second-order valence-corrected chi connectivity index (χ2v) is 8.60. The molecule has 0 atom stereocenters. The monoisotopic (exact) mass is 512 g/mol. The van der Waals surface area contributed by atoms with E-state index < -0.39 is 10.0 Å². The van der Waals surface area contributed by atoms with Crippen LogP contribution in [0.2, 0.25) is 0 Å². The number of guanidine groups is 1. The third kappa shape index (κ3) is 8.73. The number of hydrogen-bond donors (Lipinski definition) is 3. The number of nitrogens with one attached hydrogen (secondary N) is 3. The van der Waals surface area contributed by atoms with Crippen LogP contribution in [0.25, 0.3) is 0 Å². The number of hydrogen-bond acceptors (Lipinski definition) is 3. The summed E-state index contributed by atoms with van der Waals surface area (Å²) >= 11 is 0. The maximum atomic E-state index is 13.6. The SMILES string of the molecule is CCNC(=NCc1ccc(C)c(F)c1)NCCS(=O)(=O)NCC1CCC1.I. The first-order chi connectivity index (χ1) is 12.4. The molecule has 1 aromatic carbocycles. The van der Waals surface area contributed by atoms with Crippen LogP contribution in [-0.2, 0) is 16.6 Å². The van der Waals surface area contributed by atoms with E-state index in [1.807, 2.05) is 13.0 Å². The smallest absolute Gasteiger partial charge is 0.213 e. The Morgan fingerprint density at radius 2 is 2.04 bits per heavy atom. The van der Waals surface area contributed by atoms with E-state index in [0.717, 1.165) is 18.4 Å². The highest BCUT2D eigenvalue weighted by molar-refractivity contribution is 14.0. The minimum absolute atomic E-state index is 0. The molecule has 9 heteroatoms. The van der Waals surface area contributed by atoms with Crippen molar-refractivity contribution in [3.8, 4) is 0 Å². The lowest BCUT2D eigenvalue weighted by molar-refractivity contribution is 0.316. The Kier molecular flexibility index (Phi) is 10.5. The fourth-order valence-corrected chi connectivity index (χ4v) is 3.57. The van der Waals surface area contributed by atoms with Gasteiger partial charge in [0.05, 0.1) is 12.3 Å². The quantitative estimate of drug-likeness (QED) is 0.270. The van der Waals surface area contributed by atoms with Gasteiger partial charge in [-0.25, -0.2) is 22.5 Å². The van der Waals surface area contributed by atoms with Crippen molar-refractivity contribution in [1.82, 2.24) is 15.4 Å². The van der Waals surface area contributed by atoms with E-state index in [1.165, 1.54) is 12.5 Å².